The lowest BCUT2D eigenvalue weighted by molar-refractivity contribution is -0.125. The number of aromatic nitrogens is 2. The number of ketones is 1. The number of carbonyl (C=O) groups excluding carboxylic acids is 1. The van der Waals surface area contributed by atoms with Gasteiger partial charge in [0.05, 0.1) is 11.4 Å². The van der Waals surface area contributed by atoms with Crippen molar-refractivity contribution in [2.24, 2.45) is 13.0 Å². The third-order valence-electron chi connectivity index (χ3n) is 7.06. The minimum absolute atomic E-state index is 0.00437. The Balaban J connectivity index is 1.63. The van der Waals surface area contributed by atoms with Crippen LogP contribution >= 0.6 is 0 Å². The van der Waals surface area contributed by atoms with Crippen molar-refractivity contribution in [2.75, 3.05) is 0 Å². The lowest BCUT2D eigenvalue weighted by Crippen LogP contribution is -2.46. The van der Waals surface area contributed by atoms with E-state index in [1.54, 1.807) is 0 Å². The second kappa shape index (κ2) is 6.44. The Morgan fingerprint density at radius 1 is 1.00 bits per heavy atom. The smallest absolute Gasteiger partial charge is 0.140 e. The first-order valence-corrected chi connectivity index (χ1v) is 10.3. The fraction of sp³-hybridized carbons (Fsp3) is 0.360. The zero-order chi connectivity index (χ0) is 19.3. The van der Waals surface area contributed by atoms with Crippen LogP contribution in [0.5, 0.6) is 0 Å². The molecule has 1 heterocycles. The van der Waals surface area contributed by atoms with E-state index in [1.165, 1.54) is 28.1 Å². The number of hydrogen-bond acceptors (Lipinski definition) is 2. The molecular weight excluding hydrogens is 344 g/mol. The largest absolute Gasteiger partial charge is 0.299 e. The zero-order valence-corrected chi connectivity index (χ0v) is 16.6. The molecule has 3 heteroatoms. The van der Waals surface area contributed by atoms with Gasteiger partial charge >= 0.3 is 0 Å². The van der Waals surface area contributed by atoms with Crippen molar-refractivity contribution in [3.8, 4) is 11.3 Å². The Kier molecular flexibility index (Phi) is 4.01. The second-order valence-electron chi connectivity index (χ2n) is 8.58. The van der Waals surface area contributed by atoms with Gasteiger partial charge in [-0.1, -0.05) is 67.6 Å². The van der Waals surface area contributed by atoms with Crippen LogP contribution in [0, 0.1) is 5.92 Å². The zero-order valence-electron chi connectivity index (χ0n) is 16.6. The van der Waals surface area contributed by atoms with Gasteiger partial charge in [-0.2, -0.15) is 5.10 Å². The van der Waals surface area contributed by atoms with E-state index in [9.17, 15) is 4.79 Å². The minimum atomic E-state index is -0.0488. The standard InChI is InChI=1S/C25H26N2O/c1-25-16-15-21(28)22(17-9-5-3-6-10-17)20(25)14-13-19-23(27(2)26-24(19)25)18-11-7-4-8-12-18/h3-12,20,22H,13-16H2,1-2H3/t20-,22-,25?/m0/s1. The number of Topliss-reactive ketones (excluding diaryl/α,β-unsaturated/α-hetero) is 1. The summed E-state index contributed by atoms with van der Waals surface area (Å²) in [5.74, 6) is 0.716. The van der Waals surface area contributed by atoms with Gasteiger partial charge in [-0.25, -0.2) is 0 Å². The van der Waals surface area contributed by atoms with Crippen LogP contribution in [0.15, 0.2) is 60.7 Å². The molecule has 142 valence electrons. The van der Waals surface area contributed by atoms with Gasteiger partial charge in [0.1, 0.15) is 5.78 Å². The lowest BCUT2D eigenvalue weighted by Gasteiger charge is -2.47. The molecule has 2 aliphatic rings. The number of carbonyl (C=O) groups is 1. The van der Waals surface area contributed by atoms with E-state index in [-0.39, 0.29) is 11.3 Å². The van der Waals surface area contributed by atoms with Crippen molar-refractivity contribution in [1.29, 1.82) is 0 Å². The van der Waals surface area contributed by atoms with Gasteiger partial charge < -0.3 is 0 Å². The van der Waals surface area contributed by atoms with Gasteiger partial charge in [-0.3, -0.25) is 9.48 Å². The number of aryl methyl sites for hydroxylation is 1. The van der Waals surface area contributed by atoms with Crippen LogP contribution in [0.4, 0.5) is 0 Å². The van der Waals surface area contributed by atoms with E-state index >= 15 is 0 Å². The summed E-state index contributed by atoms with van der Waals surface area (Å²) in [4.78, 5) is 13.0. The summed E-state index contributed by atoms with van der Waals surface area (Å²) in [6.07, 6.45) is 3.58. The highest BCUT2D eigenvalue weighted by Crippen LogP contribution is 2.54. The topological polar surface area (TPSA) is 34.9 Å². The van der Waals surface area contributed by atoms with Crippen LogP contribution in [-0.4, -0.2) is 15.6 Å². The van der Waals surface area contributed by atoms with Crippen LogP contribution in [0.2, 0.25) is 0 Å². The Bertz CT molecular complexity index is 1020. The molecule has 5 rings (SSSR count). The molecule has 0 amide bonds. The van der Waals surface area contributed by atoms with E-state index in [0.717, 1.165) is 19.3 Å². The molecule has 0 saturated heterocycles. The highest BCUT2D eigenvalue weighted by atomic mass is 16.1. The van der Waals surface area contributed by atoms with Crippen LogP contribution < -0.4 is 0 Å². The van der Waals surface area contributed by atoms with E-state index in [1.807, 2.05) is 6.07 Å². The summed E-state index contributed by atoms with van der Waals surface area (Å²) in [5, 5.41) is 5.04. The van der Waals surface area contributed by atoms with Crippen molar-refractivity contribution in [2.45, 2.75) is 43.9 Å². The number of benzene rings is 2. The number of nitrogens with zero attached hydrogens (tertiary/aromatic N) is 2. The van der Waals surface area contributed by atoms with E-state index < -0.39 is 0 Å². The molecule has 0 aliphatic heterocycles. The predicted octanol–water partition coefficient (Wildman–Crippen LogP) is 5.05. The molecule has 1 unspecified atom stereocenters. The monoisotopic (exact) mass is 370 g/mol. The molecule has 3 aromatic rings. The molecule has 1 fully saturated rings. The molecule has 1 saturated carbocycles. The number of rotatable bonds is 2. The van der Waals surface area contributed by atoms with Gasteiger partial charge in [0.25, 0.3) is 0 Å². The molecule has 3 nitrogen and oxygen atoms in total. The molecule has 1 aromatic heterocycles. The van der Waals surface area contributed by atoms with Gasteiger partial charge in [-0.15, -0.1) is 0 Å². The Morgan fingerprint density at radius 2 is 1.68 bits per heavy atom. The molecule has 0 N–H and O–H groups in total. The molecule has 2 aliphatic carbocycles. The van der Waals surface area contributed by atoms with Crippen molar-refractivity contribution in [3.63, 3.8) is 0 Å². The van der Waals surface area contributed by atoms with Crippen LogP contribution in [0.3, 0.4) is 0 Å². The summed E-state index contributed by atoms with van der Waals surface area (Å²) >= 11 is 0. The maximum atomic E-state index is 13.0. The average molecular weight is 370 g/mol. The maximum absolute atomic E-state index is 13.0. The van der Waals surface area contributed by atoms with Crippen LogP contribution in [0.1, 0.15) is 48.9 Å². The SMILES string of the molecule is Cn1nc2c(c1-c1ccccc1)CC[C@H]1[C@H](c3ccccc3)C(=O)CCC21C. The van der Waals surface area contributed by atoms with Crippen LogP contribution in [-0.2, 0) is 23.7 Å². The van der Waals surface area contributed by atoms with Crippen molar-refractivity contribution in [1.82, 2.24) is 9.78 Å². The van der Waals surface area contributed by atoms with Crippen molar-refractivity contribution >= 4 is 5.78 Å². The first kappa shape index (κ1) is 17.4. The van der Waals surface area contributed by atoms with Gasteiger partial charge in [0.15, 0.2) is 0 Å². The van der Waals surface area contributed by atoms with E-state index in [2.05, 4.69) is 73.3 Å². The quantitative estimate of drug-likeness (QED) is 0.632. The van der Waals surface area contributed by atoms with Gasteiger partial charge in [0, 0.05) is 35.9 Å². The Morgan fingerprint density at radius 3 is 2.39 bits per heavy atom. The normalized spacial score (nSPS) is 26.6. The first-order valence-electron chi connectivity index (χ1n) is 10.3. The highest BCUT2D eigenvalue weighted by molar-refractivity contribution is 5.87. The fourth-order valence-electron chi connectivity index (χ4n) is 5.69. The number of hydrogen-bond donors (Lipinski definition) is 0. The summed E-state index contributed by atoms with van der Waals surface area (Å²) in [6.45, 7) is 2.35. The van der Waals surface area contributed by atoms with Crippen LogP contribution in [0.25, 0.3) is 11.3 Å². The molecule has 3 atom stereocenters. The first-order chi connectivity index (χ1) is 13.6. The van der Waals surface area contributed by atoms with Gasteiger partial charge in [0.2, 0.25) is 0 Å². The Hall–Kier alpha value is -2.68. The third kappa shape index (κ3) is 2.49. The molecule has 2 aromatic carbocycles. The molecule has 28 heavy (non-hydrogen) atoms. The number of fused-ring (bicyclic) bond motifs is 3. The van der Waals surface area contributed by atoms with Crippen molar-refractivity contribution in [3.05, 3.63) is 77.5 Å². The summed E-state index contributed by atoms with van der Waals surface area (Å²) in [5.41, 5.74) is 6.20. The average Bonchev–Trinajstić information content (AvgIpc) is 3.07. The second-order valence-corrected chi connectivity index (χ2v) is 8.58. The van der Waals surface area contributed by atoms with E-state index in [4.69, 9.17) is 5.10 Å². The summed E-state index contributed by atoms with van der Waals surface area (Å²) < 4.78 is 2.06. The molecule has 0 spiro atoms. The maximum Gasteiger partial charge on any atom is 0.140 e. The molecule has 0 bridgehead atoms. The minimum Gasteiger partial charge on any atom is -0.299 e. The highest BCUT2D eigenvalue weighted by Gasteiger charge is 2.52. The predicted molar refractivity (Wildman–Crippen MR) is 111 cm³/mol. The third-order valence-corrected chi connectivity index (χ3v) is 7.06. The van der Waals surface area contributed by atoms with Gasteiger partial charge in [-0.05, 0) is 30.7 Å². The summed E-state index contributed by atoms with van der Waals surface area (Å²) in [7, 11) is 2.06. The lowest BCUT2D eigenvalue weighted by atomic mass is 9.55. The Labute approximate surface area is 166 Å². The fourth-order valence-corrected chi connectivity index (χ4v) is 5.69. The van der Waals surface area contributed by atoms with Crippen molar-refractivity contribution < 1.29 is 4.79 Å². The molecular formula is C25H26N2O. The molecule has 0 radical (unpaired) electrons. The van der Waals surface area contributed by atoms with E-state index in [0.29, 0.717) is 18.1 Å². The summed E-state index contributed by atoms with van der Waals surface area (Å²) in [6, 6.07) is 21.0.